The maximum atomic E-state index is 13.1. The Morgan fingerprint density at radius 3 is 2.58 bits per heavy atom. The smallest absolute Gasteiger partial charge is 0.251 e. The summed E-state index contributed by atoms with van der Waals surface area (Å²) in [5.41, 5.74) is 0.211. The number of benzene rings is 1. The first-order valence-corrected chi connectivity index (χ1v) is 8.15. The van der Waals surface area contributed by atoms with E-state index < -0.39 is 21.7 Å². The Labute approximate surface area is 119 Å². The van der Waals surface area contributed by atoms with Crippen LogP contribution in [0.5, 0.6) is 0 Å². The van der Waals surface area contributed by atoms with Crippen molar-refractivity contribution in [2.45, 2.75) is 6.42 Å². The van der Waals surface area contributed by atoms with Gasteiger partial charge in [0.1, 0.15) is 5.82 Å². The van der Waals surface area contributed by atoms with E-state index in [9.17, 15) is 17.6 Å². The number of hydrogen-bond donors (Lipinski definition) is 2. The number of sulfonamides is 1. The van der Waals surface area contributed by atoms with Crippen LogP contribution in [0.25, 0.3) is 0 Å². The lowest BCUT2D eigenvalue weighted by atomic mass is 10.2. The van der Waals surface area contributed by atoms with Crippen molar-refractivity contribution in [2.75, 3.05) is 19.3 Å². The van der Waals surface area contributed by atoms with Crippen molar-refractivity contribution in [3.8, 4) is 0 Å². The molecule has 0 aliphatic rings. The van der Waals surface area contributed by atoms with Crippen LogP contribution < -0.4 is 10.0 Å². The molecule has 0 aliphatic heterocycles. The monoisotopic (exact) mass is 352 g/mol. The highest BCUT2D eigenvalue weighted by atomic mass is 79.9. The van der Waals surface area contributed by atoms with Crippen LogP contribution in [0.15, 0.2) is 22.7 Å². The topological polar surface area (TPSA) is 75.3 Å². The molecule has 2 N–H and O–H groups in total. The molecular formula is C11H14BrFN2O3S. The Hall–Kier alpha value is -0.990. The lowest BCUT2D eigenvalue weighted by Gasteiger charge is -2.06. The number of halogens is 2. The Morgan fingerprint density at radius 2 is 2.00 bits per heavy atom. The van der Waals surface area contributed by atoms with Crippen LogP contribution >= 0.6 is 15.9 Å². The summed E-state index contributed by atoms with van der Waals surface area (Å²) >= 11 is 3.10. The molecule has 1 rings (SSSR count). The van der Waals surface area contributed by atoms with Crippen LogP contribution in [0.3, 0.4) is 0 Å². The van der Waals surface area contributed by atoms with Crippen molar-refractivity contribution >= 4 is 31.9 Å². The van der Waals surface area contributed by atoms with Crippen LogP contribution in [0.4, 0.5) is 4.39 Å². The molecule has 1 aromatic carbocycles. The Bertz CT molecular complexity index is 543. The van der Waals surface area contributed by atoms with Crippen LogP contribution in [0.2, 0.25) is 0 Å². The fourth-order valence-electron chi connectivity index (χ4n) is 1.33. The molecule has 0 aliphatic carbocycles. The van der Waals surface area contributed by atoms with Gasteiger partial charge in [0, 0.05) is 23.1 Å². The molecule has 1 amide bonds. The lowest BCUT2D eigenvalue weighted by Crippen LogP contribution is -2.29. The van der Waals surface area contributed by atoms with Gasteiger partial charge in [-0.3, -0.25) is 4.79 Å². The quantitative estimate of drug-likeness (QED) is 0.756. The van der Waals surface area contributed by atoms with Gasteiger partial charge >= 0.3 is 0 Å². The van der Waals surface area contributed by atoms with Crippen molar-refractivity contribution in [3.63, 3.8) is 0 Å². The second-order valence-electron chi connectivity index (χ2n) is 3.93. The molecule has 0 radical (unpaired) electrons. The Morgan fingerprint density at radius 1 is 1.32 bits per heavy atom. The predicted octanol–water partition coefficient (Wildman–Crippen LogP) is 1.26. The third-order valence-corrected chi connectivity index (χ3v) is 3.31. The van der Waals surface area contributed by atoms with Gasteiger partial charge in [-0.25, -0.2) is 17.5 Å². The minimum Gasteiger partial charge on any atom is -0.352 e. The van der Waals surface area contributed by atoms with E-state index in [1.165, 1.54) is 12.1 Å². The van der Waals surface area contributed by atoms with Gasteiger partial charge in [0.05, 0.1) is 6.26 Å². The van der Waals surface area contributed by atoms with E-state index in [2.05, 4.69) is 26.0 Å². The normalized spacial score (nSPS) is 11.3. The summed E-state index contributed by atoms with van der Waals surface area (Å²) < 4.78 is 37.4. The first-order chi connectivity index (χ1) is 8.78. The number of hydrogen-bond acceptors (Lipinski definition) is 3. The van der Waals surface area contributed by atoms with Crippen LogP contribution in [0, 0.1) is 5.82 Å². The van der Waals surface area contributed by atoms with Gasteiger partial charge in [-0.1, -0.05) is 15.9 Å². The van der Waals surface area contributed by atoms with E-state index in [4.69, 9.17) is 0 Å². The molecule has 1 aromatic rings. The van der Waals surface area contributed by atoms with Crippen molar-refractivity contribution in [1.82, 2.24) is 10.0 Å². The lowest BCUT2D eigenvalue weighted by molar-refractivity contribution is 0.0953. The number of rotatable bonds is 6. The van der Waals surface area contributed by atoms with E-state index in [1.54, 1.807) is 0 Å². The van der Waals surface area contributed by atoms with Gasteiger partial charge in [-0.15, -0.1) is 0 Å². The third kappa shape index (κ3) is 6.65. The standard InChI is InChI=1S/C11H14BrFN2O3S/c1-19(17,18)15-4-2-3-14-11(16)8-5-9(12)7-10(13)6-8/h5-7,15H,2-4H2,1H3,(H,14,16). The summed E-state index contributed by atoms with van der Waals surface area (Å²) in [6.07, 6.45) is 1.52. The number of carbonyl (C=O) groups excluding carboxylic acids is 1. The zero-order chi connectivity index (χ0) is 14.5. The van der Waals surface area contributed by atoms with Gasteiger partial charge in [0.2, 0.25) is 10.0 Å². The van der Waals surface area contributed by atoms with E-state index >= 15 is 0 Å². The molecule has 0 saturated heterocycles. The van der Waals surface area contributed by atoms with E-state index in [1.807, 2.05) is 0 Å². The molecule has 19 heavy (non-hydrogen) atoms. The van der Waals surface area contributed by atoms with Crippen molar-refractivity contribution in [1.29, 1.82) is 0 Å². The summed E-state index contributed by atoms with van der Waals surface area (Å²) in [5.74, 6) is -0.905. The van der Waals surface area contributed by atoms with E-state index in [-0.39, 0.29) is 12.1 Å². The zero-order valence-corrected chi connectivity index (χ0v) is 12.6. The van der Waals surface area contributed by atoms with Gasteiger partial charge in [-0.05, 0) is 24.6 Å². The maximum absolute atomic E-state index is 13.1. The third-order valence-electron chi connectivity index (χ3n) is 2.13. The first-order valence-electron chi connectivity index (χ1n) is 5.47. The molecule has 106 valence electrons. The number of nitrogens with one attached hydrogen (secondary N) is 2. The summed E-state index contributed by atoms with van der Waals surface area (Å²) in [7, 11) is -3.21. The average molecular weight is 353 g/mol. The average Bonchev–Trinajstić information content (AvgIpc) is 2.25. The second kappa shape index (κ2) is 6.97. The first kappa shape index (κ1) is 16.1. The SMILES string of the molecule is CS(=O)(=O)NCCCNC(=O)c1cc(F)cc(Br)c1. The van der Waals surface area contributed by atoms with Crippen LogP contribution in [-0.4, -0.2) is 33.7 Å². The molecule has 0 bridgehead atoms. The van der Waals surface area contributed by atoms with E-state index in [0.29, 0.717) is 17.4 Å². The Kier molecular flexibility index (Phi) is 5.89. The zero-order valence-electron chi connectivity index (χ0n) is 10.2. The van der Waals surface area contributed by atoms with Crippen molar-refractivity contribution in [3.05, 3.63) is 34.1 Å². The summed E-state index contributed by atoms with van der Waals surface area (Å²) in [6, 6.07) is 3.90. The van der Waals surface area contributed by atoms with Crippen molar-refractivity contribution in [2.24, 2.45) is 0 Å². The number of carbonyl (C=O) groups is 1. The largest absolute Gasteiger partial charge is 0.352 e. The highest BCUT2D eigenvalue weighted by Crippen LogP contribution is 2.14. The molecule has 0 fully saturated rings. The predicted molar refractivity (Wildman–Crippen MR) is 73.9 cm³/mol. The molecule has 0 saturated carbocycles. The summed E-state index contributed by atoms with van der Waals surface area (Å²) in [5, 5.41) is 2.58. The molecule has 8 heteroatoms. The Balaban J connectivity index is 2.39. The van der Waals surface area contributed by atoms with Gasteiger partial charge in [0.15, 0.2) is 0 Å². The van der Waals surface area contributed by atoms with Gasteiger partial charge < -0.3 is 5.32 Å². The minimum atomic E-state index is -3.21. The summed E-state index contributed by atoms with van der Waals surface area (Å²) in [6.45, 7) is 0.543. The highest BCUT2D eigenvalue weighted by molar-refractivity contribution is 9.10. The van der Waals surface area contributed by atoms with Crippen molar-refractivity contribution < 1.29 is 17.6 Å². The highest BCUT2D eigenvalue weighted by Gasteiger charge is 2.07. The second-order valence-corrected chi connectivity index (χ2v) is 6.68. The molecular weight excluding hydrogens is 339 g/mol. The summed E-state index contributed by atoms with van der Waals surface area (Å²) in [4.78, 5) is 11.7. The van der Waals surface area contributed by atoms with Crippen LogP contribution in [-0.2, 0) is 10.0 Å². The van der Waals surface area contributed by atoms with Crippen LogP contribution in [0.1, 0.15) is 16.8 Å². The molecule has 0 heterocycles. The molecule has 0 aromatic heterocycles. The van der Waals surface area contributed by atoms with E-state index in [0.717, 1.165) is 12.3 Å². The fraction of sp³-hybridized carbons (Fsp3) is 0.364. The maximum Gasteiger partial charge on any atom is 0.251 e. The van der Waals surface area contributed by atoms with Gasteiger partial charge in [-0.2, -0.15) is 0 Å². The molecule has 0 unspecified atom stereocenters. The molecule has 5 nitrogen and oxygen atoms in total. The fourth-order valence-corrected chi connectivity index (χ4v) is 2.32. The minimum absolute atomic E-state index is 0.211. The van der Waals surface area contributed by atoms with Gasteiger partial charge in [0.25, 0.3) is 5.91 Å². The molecule has 0 atom stereocenters. The molecule has 0 spiro atoms. The number of amides is 1.